The van der Waals surface area contributed by atoms with Gasteiger partial charge in [-0.2, -0.15) is 0 Å². The van der Waals surface area contributed by atoms with Crippen LogP contribution in [0.2, 0.25) is 5.02 Å². The van der Waals surface area contributed by atoms with Gasteiger partial charge in [-0.3, -0.25) is 9.59 Å². The first-order chi connectivity index (χ1) is 12.5. The van der Waals surface area contributed by atoms with Crippen molar-refractivity contribution in [3.05, 3.63) is 59.1 Å². The number of carbonyl (C=O) groups is 2. The van der Waals surface area contributed by atoms with Crippen LogP contribution in [0.15, 0.2) is 48.5 Å². The number of nitrogens with one attached hydrogen (secondary N) is 1. The lowest BCUT2D eigenvalue weighted by Crippen LogP contribution is -2.23. The van der Waals surface area contributed by atoms with Gasteiger partial charge in [0.25, 0.3) is 0 Å². The van der Waals surface area contributed by atoms with Crippen LogP contribution in [0, 0.1) is 0 Å². The molecule has 0 aromatic heterocycles. The second-order valence-corrected chi connectivity index (χ2v) is 5.87. The Bertz CT molecular complexity index is 733. The smallest absolute Gasteiger partial charge is 0.303 e. The van der Waals surface area contributed by atoms with Gasteiger partial charge in [0, 0.05) is 23.6 Å². The summed E-state index contributed by atoms with van der Waals surface area (Å²) in [7, 11) is 0. The number of benzene rings is 2. The maximum Gasteiger partial charge on any atom is 0.303 e. The summed E-state index contributed by atoms with van der Waals surface area (Å²) in [6, 6.07) is 14.4. The Kier molecular flexibility index (Phi) is 7.76. The van der Waals surface area contributed by atoms with Gasteiger partial charge >= 0.3 is 5.97 Å². The molecule has 0 saturated carbocycles. The van der Waals surface area contributed by atoms with Crippen LogP contribution in [-0.2, 0) is 16.1 Å². The second kappa shape index (κ2) is 10.3. The highest BCUT2D eigenvalue weighted by Gasteiger charge is 2.08. The highest BCUT2D eigenvalue weighted by Crippen LogP contribution is 2.18. The molecule has 2 rings (SSSR count). The maximum absolute atomic E-state index is 11.6. The molecule has 0 heterocycles. The zero-order chi connectivity index (χ0) is 18.8. The zero-order valence-corrected chi connectivity index (χ0v) is 14.9. The van der Waals surface area contributed by atoms with Crippen molar-refractivity contribution in [2.24, 2.45) is 0 Å². The largest absolute Gasteiger partial charge is 0.490 e. The molecule has 0 atom stereocenters. The van der Waals surface area contributed by atoms with Crippen LogP contribution in [0.4, 0.5) is 0 Å². The van der Waals surface area contributed by atoms with E-state index in [1.54, 1.807) is 30.3 Å². The van der Waals surface area contributed by atoms with Gasteiger partial charge in [-0.25, -0.2) is 0 Å². The van der Waals surface area contributed by atoms with E-state index in [4.69, 9.17) is 26.2 Å². The molecule has 0 aliphatic carbocycles. The van der Waals surface area contributed by atoms with Gasteiger partial charge in [0.15, 0.2) is 0 Å². The Morgan fingerprint density at radius 2 is 1.65 bits per heavy atom. The van der Waals surface area contributed by atoms with Crippen molar-refractivity contribution in [1.82, 2.24) is 5.32 Å². The number of carbonyl (C=O) groups excluding carboxylic acids is 1. The van der Waals surface area contributed by atoms with E-state index in [1.807, 2.05) is 18.2 Å². The summed E-state index contributed by atoms with van der Waals surface area (Å²) in [5.41, 5.74) is 0.808. The van der Waals surface area contributed by atoms with Crippen LogP contribution in [-0.4, -0.2) is 30.2 Å². The number of ether oxygens (including phenoxy) is 2. The summed E-state index contributed by atoms with van der Waals surface area (Å²) in [5.74, 6) is 0.0422. The van der Waals surface area contributed by atoms with Crippen molar-refractivity contribution < 1.29 is 24.2 Å². The molecule has 1 amide bonds. The van der Waals surface area contributed by atoms with E-state index in [-0.39, 0.29) is 25.3 Å². The van der Waals surface area contributed by atoms with Gasteiger partial charge < -0.3 is 19.9 Å². The summed E-state index contributed by atoms with van der Waals surface area (Å²) in [6.45, 7) is 0.972. The molecule has 0 radical (unpaired) electrons. The quantitative estimate of drug-likeness (QED) is 0.621. The monoisotopic (exact) mass is 377 g/mol. The summed E-state index contributed by atoms with van der Waals surface area (Å²) in [5, 5.41) is 11.9. The number of halogens is 1. The van der Waals surface area contributed by atoms with Gasteiger partial charge in [0.2, 0.25) is 5.91 Å². The van der Waals surface area contributed by atoms with E-state index in [0.29, 0.717) is 29.7 Å². The minimum atomic E-state index is -0.996. The molecule has 0 fully saturated rings. The van der Waals surface area contributed by atoms with E-state index >= 15 is 0 Å². The van der Waals surface area contributed by atoms with Crippen LogP contribution in [0.25, 0.3) is 0 Å². The molecular weight excluding hydrogens is 358 g/mol. The van der Waals surface area contributed by atoms with E-state index in [9.17, 15) is 9.59 Å². The fraction of sp³-hybridized carbons (Fsp3) is 0.263. The first-order valence-electron chi connectivity index (χ1n) is 8.12. The molecule has 0 spiro atoms. The molecule has 0 saturated heterocycles. The second-order valence-electron chi connectivity index (χ2n) is 5.43. The molecular formula is C19H20ClNO5. The van der Waals surface area contributed by atoms with E-state index in [0.717, 1.165) is 5.56 Å². The molecule has 0 aliphatic rings. The SMILES string of the molecule is O=C(O)CCC(=O)NCc1ccccc1OCCOc1ccc(Cl)cc1. The Labute approximate surface area is 156 Å². The molecule has 26 heavy (non-hydrogen) atoms. The predicted molar refractivity (Wildman–Crippen MR) is 97.6 cm³/mol. The summed E-state index contributed by atoms with van der Waals surface area (Å²) < 4.78 is 11.3. The minimum absolute atomic E-state index is 0.0483. The Morgan fingerprint density at radius 3 is 2.38 bits per heavy atom. The number of hydrogen-bond donors (Lipinski definition) is 2. The van der Waals surface area contributed by atoms with Gasteiger partial charge in [0.1, 0.15) is 24.7 Å². The van der Waals surface area contributed by atoms with E-state index in [1.165, 1.54) is 0 Å². The summed E-state index contributed by atoms with van der Waals surface area (Å²) in [4.78, 5) is 22.1. The third-order valence-corrected chi connectivity index (χ3v) is 3.69. The Balaban J connectivity index is 1.77. The summed E-state index contributed by atoms with van der Waals surface area (Å²) in [6.07, 6.45) is -0.237. The number of amides is 1. The van der Waals surface area contributed by atoms with Crippen LogP contribution in [0.1, 0.15) is 18.4 Å². The van der Waals surface area contributed by atoms with Crippen LogP contribution in [0.5, 0.6) is 11.5 Å². The fourth-order valence-electron chi connectivity index (χ4n) is 2.14. The van der Waals surface area contributed by atoms with Gasteiger partial charge in [0.05, 0.1) is 6.42 Å². The molecule has 0 bridgehead atoms. The van der Waals surface area contributed by atoms with E-state index < -0.39 is 5.97 Å². The molecule has 2 aromatic rings. The van der Waals surface area contributed by atoms with Gasteiger partial charge in [-0.05, 0) is 30.3 Å². The topological polar surface area (TPSA) is 84.9 Å². The first-order valence-corrected chi connectivity index (χ1v) is 8.50. The lowest BCUT2D eigenvalue weighted by molar-refractivity contribution is -0.138. The van der Waals surface area contributed by atoms with Crippen LogP contribution < -0.4 is 14.8 Å². The van der Waals surface area contributed by atoms with Crippen molar-refractivity contribution in [2.75, 3.05) is 13.2 Å². The zero-order valence-electron chi connectivity index (χ0n) is 14.1. The molecule has 6 nitrogen and oxygen atoms in total. The fourth-order valence-corrected chi connectivity index (χ4v) is 2.26. The lowest BCUT2D eigenvalue weighted by atomic mass is 10.2. The maximum atomic E-state index is 11.6. The van der Waals surface area contributed by atoms with E-state index in [2.05, 4.69) is 5.32 Å². The number of para-hydroxylation sites is 1. The molecule has 7 heteroatoms. The summed E-state index contributed by atoms with van der Waals surface area (Å²) >= 11 is 5.82. The van der Waals surface area contributed by atoms with Crippen molar-refractivity contribution in [3.63, 3.8) is 0 Å². The molecule has 138 valence electrons. The number of rotatable bonds is 10. The van der Waals surface area contributed by atoms with Gasteiger partial charge in [-0.1, -0.05) is 29.8 Å². The molecule has 0 aliphatic heterocycles. The highest BCUT2D eigenvalue weighted by atomic mass is 35.5. The van der Waals surface area contributed by atoms with Crippen LogP contribution >= 0.6 is 11.6 Å². The third kappa shape index (κ3) is 7.03. The molecule has 2 aromatic carbocycles. The van der Waals surface area contributed by atoms with Crippen molar-refractivity contribution in [3.8, 4) is 11.5 Å². The average Bonchev–Trinajstić information content (AvgIpc) is 2.64. The standard InChI is InChI=1S/C19H20ClNO5/c20-15-5-7-16(8-6-15)25-11-12-26-17-4-2-1-3-14(17)13-21-18(22)9-10-19(23)24/h1-8H,9-13H2,(H,21,22)(H,23,24). The number of carboxylic acids is 1. The highest BCUT2D eigenvalue weighted by molar-refractivity contribution is 6.30. The molecule has 2 N–H and O–H groups in total. The average molecular weight is 378 g/mol. The molecule has 0 unspecified atom stereocenters. The number of carboxylic acid groups (broad SMARTS) is 1. The van der Waals surface area contributed by atoms with Crippen molar-refractivity contribution in [2.45, 2.75) is 19.4 Å². The van der Waals surface area contributed by atoms with Crippen LogP contribution in [0.3, 0.4) is 0 Å². The lowest BCUT2D eigenvalue weighted by Gasteiger charge is -2.13. The normalized spacial score (nSPS) is 10.2. The number of hydrogen-bond acceptors (Lipinski definition) is 4. The predicted octanol–water partition coefficient (Wildman–Crippen LogP) is 3.28. The Morgan fingerprint density at radius 1 is 0.962 bits per heavy atom. The van der Waals surface area contributed by atoms with Crippen molar-refractivity contribution >= 4 is 23.5 Å². The van der Waals surface area contributed by atoms with Gasteiger partial charge in [-0.15, -0.1) is 0 Å². The number of aliphatic carboxylic acids is 1. The Hall–Kier alpha value is -2.73. The first kappa shape index (κ1) is 19.6. The minimum Gasteiger partial charge on any atom is -0.490 e. The van der Waals surface area contributed by atoms with Crippen molar-refractivity contribution in [1.29, 1.82) is 0 Å². The third-order valence-electron chi connectivity index (χ3n) is 3.44.